The van der Waals surface area contributed by atoms with Crippen LogP contribution < -0.4 is 0 Å². The van der Waals surface area contributed by atoms with Crippen molar-refractivity contribution in [1.82, 2.24) is 0 Å². The Bertz CT molecular complexity index is 531. The second kappa shape index (κ2) is 6.03. The van der Waals surface area contributed by atoms with Crippen molar-refractivity contribution in [2.24, 2.45) is 0 Å². The van der Waals surface area contributed by atoms with Crippen molar-refractivity contribution < 1.29 is 4.79 Å². The first kappa shape index (κ1) is 14.8. The predicted octanol–water partition coefficient (Wildman–Crippen LogP) is 4.86. The van der Waals surface area contributed by atoms with E-state index in [-0.39, 0.29) is 4.75 Å². The molecule has 2 heteroatoms. The quantitative estimate of drug-likeness (QED) is 0.573. The molecule has 1 heterocycles. The first-order chi connectivity index (χ1) is 10.8. The van der Waals surface area contributed by atoms with Gasteiger partial charge in [0.1, 0.15) is 11.5 Å². The van der Waals surface area contributed by atoms with E-state index in [4.69, 9.17) is 0 Å². The van der Waals surface area contributed by atoms with Crippen molar-refractivity contribution in [3.05, 3.63) is 35.4 Å². The summed E-state index contributed by atoms with van der Waals surface area (Å²) in [5.41, 5.74) is 2.45. The van der Waals surface area contributed by atoms with Crippen LogP contribution in [0.2, 0.25) is 0 Å². The van der Waals surface area contributed by atoms with E-state index >= 15 is 0 Å². The van der Waals surface area contributed by atoms with Crippen LogP contribution in [0.3, 0.4) is 0 Å². The SMILES string of the molecule is O=C(c1ccc(C2CCCCC2)cc1)C1([S+]2CCCC2)CC1. The number of Topliss-reactive ketones (excluding diaryl/α,β-unsaturated/α-hetero) is 1. The van der Waals surface area contributed by atoms with Crippen LogP contribution in [0.5, 0.6) is 0 Å². The van der Waals surface area contributed by atoms with E-state index < -0.39 is 0 Å². The van der Waals surface area contributed by atoms with Crippen LogP contribution in [0.25, 0.3) is 0 Å². The number of ketones is 1. The average Bonchev–Trinajstić information content (AvgIpc) is 3.21. The summed E-state index contributed by atoms with van der Waals surface area (Å²) in [5, 5.41) is 0. The summed E-state index contributed by atoms with van der Waals surface area (Å²) in [6, 6.07) is 8.76. The molecule has 0 N–H and O–H groups in total. The Morgan fingerprint density at radius 1 is 0.909 bits per heavy atom. The normalized spacial score (nSPS) is 25.3. The summed E-state index contributed by atoms with van der Waals surface area (Å²) in [5.74, 6) is 3.83. The monoisotopic (exact) mass is 315 g/mol. The highest BCUT2D eigenvalue weighted by atomic mass is 32.2. The Labute approximate surface area is 137 Å². The van der Waals surface area contributed by atoms with Crippen LogP contribution in [0.1, 0.15) is 79.6 Å². The molecule has 0 aromatic heterocycles. The molecule has 1 aromatic rings. The first-order valence-electron chi connectivity index (χ1n) is 9.12. The zero-order chi connectivity index (χ0) is 15.0. The van der Waals surface area contributed by atoms with Crippen molar-refractivity contribution >= 4 is 16.7 Å². The van der Waals surface area contributed by atoms with Gasteiger partial charge in [-0.25, -0.2) is 0 Å². The van der Waals surface area contributed by atoms with Crippen molar-refractivity contribution in [2.45, 2.75) is 68.5 Å². The summed E-state index contributed by atoms with van der Waals surface area (Å²) in [6.07, 6.45) is 11.8. The fourth-order valence-electron chi connectivity index (χ4n) is 4.41. The van der Waals surface area contributed by atoms with Crippen LogP contribution in [0.15, 0.2) is 24.3 Å². The lowest BCUT2D eigenvalue weighted by molar-refractivity contribution is 0.0980. The Kier molecular flexibility index (Phi) is 4.06. The zero-order valence-corrected chi connectivity index (χ0v) is 14.3. The first-order valence-corrected chi connectivity index (χ1v) is 10.7. The molecule has 1 aliphatic heterocycles. The standard InChI is InChI=1S/C20H27OS/c21-19(20(12-13-20)22-14-4-5-15-22)18-10-8-17(9-11-18)16-6-2-1-3-7-16/h8-11,16H,1-7,12-15H2/q+1. The number of hydrogen-bond acceptors (Lipinski definition) is 1. The van der Waals surface area contributed by atoms with Crippen molar-refractivity contribution in [3.63, 3.8) is 0 Å². The fourth-order valence-corrected chi connectivity index (χ4v) is 7.56. The van der Waals surface area contributed by atoms with Crippen molar-refractivity contribution in [2.75, 3.05) is 11.5 Å². The van der Waals surface area contributed by atoms with Gasteiger partial charge in [-0.05, 0) is 37.2 Å². The Morgan fingerprint density at radius 2 is 1.55 bits per heavy atom. The maximum absolute atomic E-state index is 13.0. The van der Waals surface area contributed by atoms with Gasteiger partial charge in [-0.2, -0.15) is 0 Å². The van der Waals surface area contributed by atoms with Crippen LogP contribution in [-0.2, 0) is 10.9 Å². The summed E-state index contributed by atoms with van der Waals surface area (Å²) in [4.78, 5) is 13.0. The molecular formula is C20H27OS+. The van der Waals surface area contributed by atoms with Gasteiger partial charge in [-0.3, -0.25) is 4.79 Å². The zero-order valence-electron chi connectivity index (χ0n) is 13.5. The molecule has 1 saturated heterocycles. The predicted molar refractivity (Wildman–Crippen MR) is 94.9 cm³/mol. The molecule has 3 aliphatic rings. The van der Waals surface area contributed by atoms with Gasteiger partial charge in [0.2, 0.25) is 5.78 Å². The number of carbonyl (C=O) groups excluding carboxylic acids is 1. The topological polar surface area (TPSA) is 17.1 Å². The molecule has 0 unspecified atom stereocenters. The van der Waals surface area contributed by atoms with Gasteiger partial charge in [-0.1, -0.05) is 43.5 Å². The van der Waals surface area contributed by atoms with Gasteiger partial charge >= 0.3 is 0 Å². The largest absolute Gasteiger partial charge is 0.288 e. The summed E-state index contributed by atoms with van der Waals surface area (Å²) >= 11 is 0. The minimum absolute atomic E-state index is 0.0723. The molecule has 1 nitrogen and oxygen atoms in total. The molecule has 2 saturated carbocycles. The molecule has 0 bridgehead atoms. The number of carbonyl (C=O) groups is 1. The van der Waals surface area contributed by atoms with E-state index in [0.717, 1.165) is 24.3 Å². The minimum Gasteiger partial charge on any atom is -0.288 e. The molecule has 0 amide bonds. The van der Waals surface area contributed by atoms with Crippen LogP contribution in [0.4, 0.5) is 0 Å². The van der Waals surface area contributed by atoms with E-state index in [2.05, 4.69) is 24.3 Å². The van der Waals surface area contributed by atoms with Crippen molar-refractivity contribution in [3.8, 4) is 0 Å². The van der Waals surface area contributed by atoms with Gasteiger partial charge in [-0.15, -0.1) is 0 Å². The Balaban J connectivity index is 1.49. The van der Waals surface area contributed by atoms with Gasteiger partial charge < -0.3 is 0 Å². The van der Waals surface area contributed by atoms with E-state index in [1.54, 1.807) is 0 Å². The fraction of sp³-hybridized carbons (Fsp3) is 0.650. The molecule has 22 heavy (non-hydrogen) atoms. The molecule has 4 rings (SSSR count). The lowest BCUT2D eigenvalue weighted by Gasteiger charge is -2.22. The van der Waals surface area contributed by atoms with Gasteiger partial charge in [0, 0.05) is 29.3 Å². The summed E-state index contributed by atoms with van der Waals surface area (Å²) < 4.78 is 0.0723. The number of rotatable bonds is 4. The van der Waals surface area contributed by atoms with Gasteiger partial charge in [0.15, 0.2) is 4.75 Å². The molecule has 2 aliphatic carbocycles. The van der Waals surface area contributed by atoms with E-state index in [0.29, 0.717) is 16.7 Å². The Hall–Kier alpha value is -0.760. The number of hydrogen-bond donors (Lipinski definition) is 0. The highest BCUT2D eigenvalue weighted by Gasteiger charge is 2.64. The lowest BCUT2D eigenvalue weighted by Crippen LogP contribution is -2.34. The van der Waals surface area contributed by atoms with E-state index in [1.165, 1.54) is 62.0 Å². The lowest BCUT2D eigenvalue weighted by atomic mass is 9.84. The second-order valence-electron chi connectivity index (χ2n) is 7.39. The smallest absolute Gasteiger partial charge is 0.217 e. The van der Waals surface area contributed by atoms with E-state index in [1.807, 2.05) is 0 Å². The average molecular weight is 316 g/mol. The maximum atomic E-state index is 13.0. The molecule has 0 spiro atoms. The third kappa shape index (κ3) is 2.64. The van der Waals surface area contributed by atoms with Crippen molar-refractivity contribution in [1.29, 1.82) is 0 Å². The Morgan fingerprint density at radius 3 is 2.14 bits per heavy atom. The van der Waals surface area contributed by atoms with Crippen LogP contribution in [0, 0.1) is 0 Å². The molecule has 3 fully saturated rings. The van der Waals surface area contributed by atoms with Gasteiger partial charge in [0.05, 0.1) is 0 Å². The second-order valence-corrected chi connectivity index (χ2v) is 9.97. The summed E-state index contributed by atoms with van der Waals surface area (Å²) in [7, 11) is 0.384. The number of benzene rings is 1. The van der Waals surface area contributed by atoms with Crippen LogP contribution >= 0.6 is 0 Å². The summed E-state index contributed by atoms with van der Waals surface area (Å²) in [6.45, 7) is 0. The highest BCUT2D eigenvalue weighted by molar-refractivity contribution is 7.99. The third-order valence-corrected chi connectivity index (χ3v) is 9.21. The minimum atomic E-state index is 0.0723. The molecular weight excluding hydrogens is 288 g/mol. The van der Waals surface area contributed by atoms with Crippen LogP contribution in [-0.4, -0.2) is 22.0 Å². The third-order valence-electron chi connectivity index (χ3n) is 5.95. The maximum Gasteiger partial charge on any atom is 0.217 e. The molecule has 0 radical (unpaired) electrons. The van der Waals surface area contributed by atoms with Gasteiger partial charge in [0.25, 0.3) is 0 Å². The highest BCUT2D eigenvalue weighted by Crippen LogP contribution is 2.49. The molecule has 1 aromatic carbocycles. The molecule has 0 atom stereocenters. The molecule has 118 valence electrons. The van der Waals surface area contributed by atoms with E-state index in [9.17, 15) is 4.79 Å².